The molecule has 0 aliphatic heterocycles. The molecule has 2 heteroatoms. The fourth-order valence-corrected chi connectivity index (χ4v) is 4.49. The molecule has 0 bridgehead atoms. The van der Waals surface area contributed by atoms with E-state index in [1.165, 1.54) is 33.4 Å². The van der Waals surface area contributed by atoms with Crippen LogP contribution in [0, 0.1) is 12.3 Å². The lowest BCUT2D eigenvalue weighted by Crippen LogP contribution is -2.30. The van der Waals surface area contributed by atoms with Gasteiger partial charge in [0.15, 0.2) is 0 Å². The molecule has 0 saturated carbocycles. The number of carbonyl (C=O) groups excluding carboxylic acids is 1. The Balaban J connectivity index is 1.87. The first-order chi connectivity index (χ1) is 10.5. The van der Waals surface area contributed by atoms with E-state index in [0.29, 0.717) is 12.2 Å². The minimum Gasteiger partial charge on any atom is -0.496 e. The molecule has 0 N–H and O–H groups in total. The molecule has 0 saturated heterocycles. The van der Waals surface area contributed by atoms with Crippen molar-refractivity contribution in [1.82, 2.24) is 0 Å². The zero-order valence-corrected chi connectivity index (χ0v) is 13.6. The summed E-state index contributed by atoms with van der Waals surface area (Å²) in [5, 5.41) is 0. The molecule has 0 heterocycles. The van der Waals surface area contributed by atoms with Gasteiger partial charge in [0.25, 0.3) is 0 Å². The van der Waals surface area contributed by atoms with Crippen molar-refractivity contribution >= 4 is 11.4 Å². The molecule has 0 radical (unpaired) electrons. The molecule has 3 aliphatic carbocycles. The number of allylic oxidation sites excluding steroid dienone is 4. The Kier molecular flexibility index (Phi) is 2.87. The topological polar surface area (TPSA) is 26.3 Å². The first-order valence-corrected chi connectivity index (χ1v) is 8.19. The number of Topliss-reactive ketones (excluding diaryl/α,β-unsaturated/α-hetero) is 1. The van der Waals surface area contributed by atoms with Gasteiger partial charge >= 0.3 is 0 Å². The summed E-state index contributed by atoms with van der Waals surface area (Å²) in [6.45, 7) is 4.26. The second-order valence-corrected chi connectivity index (χ2v) is 7.01. The third-order valence-electron chi connectivity index (χ3n) is 5.86. The van der Waals surface area contributed by atoms with Crippen LogP contribution in [0.2, 0.25) is 0 Å². The maximum atomic E-state index is 12.3. The van der Waals surface area contributed by atoms with E-state index < -0.39 is 0 Å². The largest absolute Gasteiger partial charge is 0.496 e. The number of benzene rings is 1. The fraction of sp³-hybridized carbons (Fsp3) is 0.450. The minimum absolute atomic E-state index is 0.210. The average molecular weight is 294 g/mol. The molecule has 114 valence electrons. The molecule has 2 nitrogen and oxygen atoms in total. The van der Waals surface area contributed by atoms with E-state index >= 15 is 0 Å². The van der Waals surface area contributed by atoms with Crippen LogP contribution >= 0.6 is 0 Å². The van der Waals surface area contributed by atoms with Gasteiger partial charge in [-0.05, 0) is 85.1 Å². The Morgan fingerprint density at radius 2 is 1.95 bits per heavy atom. The highest BCUT2D eigenvalue weighted by Gasteiger charge is 2.45. The van der Waals surface area contributed by atoms with Crippen LogP contribution in [0.4, 0.5) is 0 Å². The molecule has 4 rings (SSSR count). The number of fused-ring (bicyclic) bond motifs is 4. The van der Waals surface area contributed by atoms with E-state index in [9.17, 15) is 4.79 Å². The quantitative estimate of drug-likeness (QED) is 0.767. The van der Waals surface area contributed by atoms with Crippen molar-refractivity contribution in [2.24, 2.45) is 5.41 Å². The summed E-state index contributed by atoms with van der Waals surface area (Å²) in [6, 6.07) is 4.49. The molecule has 1 atom stereocenters. The molecular formula is C20H22O2. The van der Waals surface area contributed by atoms with Crippen LogP contribution in [0.5, 0.6) is 5.75 Å². The van der Waals surface area contributed by atoms with Gasteiger partial charge in [-0.15, -0.1) is 0 Å². The van der Waals surface area contributed by atoms with Crippen LogP contribution in [-0.2, 0) is 11.2 Å². The molecule has 0 amide bonds. The maximum Gasteiger partial charge on any atom is 0.146 e. The van der Waals surface area contributed by atoms with Crippen LogP contribution in [-0.4, -0.2) is 12.9 Å². The van der Waals surface area contributed by atoms with E-state index in [2.05, 4.69) is 32.1 Å². The summed E-state index contributed by atoms with van der Waals surface area (Å²) in [5.41, 5.74) is 8.04. The van der Waals surface area contributed by atoms with Gasteiger partial charge in [-0.25, -0.2) is 0 Å². The second kappa shape index (κ2) is 4.58. The van der Waals surface area contributed by atoms with E-state index in [0.717, 1.165) is 31.4 Å². The highest BCUT2D eigenvalue weighted by molar-refractivity contribution is 5.96. The first-order valence-electron chi connectivity index (χ1n) is 8.19. The van der Waals surface area contributed by atoms with Crippen molar-refractivity contribution in [3.8, 4) is 5.75 Å². The summed E-state index contributed by atoms with van der Waals surface area (Å²) in [5.74, 6) is 1.39. The molecule has 22 heavy (non-hydrogen) atoms. The van der Waals surface area contributed by atoms with Gasteiger partial charge < -0.3 is 4.74 Å². The number of methoxy groups -OCH3 is 1. The van der Waals surface area contributed by atoms with Crippen molar-refractivity contribution in [3.63, 3.8) is 0 Å². The molecular weight excluding hydrogens is 272 g/mol. The lowest BCUT2D eigenvalue weighted by Gasteiger charge is -2.38. The summed E-state index contributed by atoms with van der Waals surface area (Å²) >= 11 is 0. The molecule has 3 aliphatic rings. The third-order valence-corrected chi connectivity index (χ3v) is 5.86. The zero-order chi connectivity index (χ0) is 15.5. The standard InChI is InChI=1S/C20H22O2/c1-12-10-16-13(11-18(12)22-3)4-5-15-14(16)8-9-20(2)17(15)6-7-19(20)21/h6,10-11H,4-5,7-9H2,1-3H3/t20-/m0/s1. The predicted octanol–water partition coefficient (Wildman–Crippen LogP) is 4.40. The van der Waals surface area contributed by atoms with Crippen LogP contribution in [0.3, 0.4) is 0 Å². The smallest absolute Gasteiger partial charge is 0.146 e. The van der Waals surface area contributed by atoms with Crippen molar-refractivity contribution < 1.29 is 9.53 Å². The molecule has 1 aromatic rings. The van der Waals surface area contributed by atoms with Crippen molar-refractivity contribution in [3.05, 3.63) is 46.0 Å². The second-order valence-electron chi connectivity index (χ2n) is 7.01. The van der Waals surface area contributed by atoms with E-state index in [1.54, 1.807) is 7.11 Å². The zero-order valence-electron chi connectivity index (χ0n) is 13.6. The normalized spacial score (nSPS) is 26.3. The molecule has 0 unspecified atom stereocenters. The van der Waals surface area contributed by atoms with E-state index in [-0.39, 0.29) is 5.41 Å². The van der Waals surface area contributed by atoms with Gasteiger partial charge in [0, 0.05) is 6.42 Å². The van der Waals surface area contributed by atoms with Gasteiger partial charge in [0.1, 0.15) is 11.5 Å². The van der Waals surface area contributed by atoms with Crippen LogP contribution in [0.15, 0.2) is 29.4 Å². The maximum absolute atomic E-state index is 12.3. The monoisotopic (exact) mass is 294 g/mol. The Labute approximate surface area is 131 Å². The summed E-state index contributed by atoms with van der Waals surface area (Å²) in [7, 11) is 1.74. The number of carbonyl (C=O) groups is 1. The summed E-state index contributed by atoms with van der Waals surface area (Å²) in [6.07, 6.45) is 6.90. The van der Waals surface area contributed by atoms with Crippen LogP contribution < -0.4 is 4.74 Å². The van der Waals surface area contributed by atoms with Gasteiger partial charge in [0.05, 0.1) is 12.5 Å². The van der Waals surface area contributed by atoms with Gasteiger partial charge in [-0.3, -0.25) is 4.79 Å². The average Bonchev–Trinajstić information content (AvgIpc) is 2.82. The summed E-state index contributed by atoms with van der Waals surface area (Å²) in [4.78, 5) is 12.3. The number of hydrogen-bond donors (Lipinski definition) is 0. The number of hydrogen-bond acceptors (Lipinski definition) is 2. The molecule has 1 aromatic carbocycles. The highest BCUT2D eigenvalue weighted by Crippen LogP contribution is 2.54. The predicted molar refractivity (Wildman–Crippen MR) is 88.0 cm³/mol. The Morgan fingerprint density at radius 3 is 2.73 bits per heavy atom. The molecule has 0 spiro atoms. The third kappa shape index (κ3) is 1.70. The molecule has 0 fully saturated rings. The van der Waals surface area contributed by atoms with E-state index in [4.69, 9.17) is 4.74 Å². The fourth-order valence-electron chi connectivity index (χ4n) is 4.49. The first kappa shape index (κ1) is 13.8. The Hall–Kier alpha value is -1.83. The number of aryl methyl sites for hydroxylation is 2. The van der Waals surface area contributed by atoms with E-state index in [1.807, 2.05) is 0 Å². The minimum atomic E-state index is -0.210. The Morgan fingerprint density at radius 1 is 1.14 bits per heavy atom. The number of ether oxygens (including phenoxy) is 1. The number of ketones is 1. The summed E-state index contributed by atoms with van der Waals surface area (Å²) < 4.78 is 5.47. The van der Waals surface area contributed by atoms with Crippen LogP contribution in [0.25, 0.3) is 5.57 Å². The Bertz CT molecular complexity index is 751. The SMILES string of the molecule is COc1cc2c(cc1C)C1=C(CC2)C2=CCC(=O)[C@@]2(C)CC1. The van der Waals surface area contributed by atoms with Gasteiger partial charge in [-0.2, -0.15) is 0 Å². The number of rotatable bonds is 1. The lowest BCUT2D eigenvalue weighted by atomic mass is 9.65. The van der Waals surface area contributed by atoms with Gasteiger partial charge in [0.2, 0.25) is 0 Å². The highest BCUT2D eigenvalue weighted by atomic mass is 16.5. The molecule has 0 aromatic heterocycles. The van der Waals surface area contributed by atoms with Crippen molar-refractivity contribution in [1.29, 1.82) is 0 Å². The lowest BCUT2D eigenvalue weighted by molar-refractivity contribution is -0.124. The van der Waals surface area contributed by atoms with Crippen molar-refractivity contribution in [2.45, 2.75) is 46.0 Å². The van der Waals surface area contributed by atoms with Crippen molar-refractivity contribution in [2.75, 3.05) is 7.11 Å². The van der Waals surface area contributed by atoms with Gasteiger partial charge in [-0.1, -0.05) is 6.08 Å². The van der Waals surface area contributed by atoms with Crippen LogP contribution in [0.1, 0.15) is 49.3 Å².